The van der Waals surface area contributed by atoms with Crippen LogP contribution < -0.4 is 10.6 Å². The molecule has 5 N–H and O–H groups in total. The number of carboxylic acids is 1. The van der Waals surface area contributed by atoms with E-state index in [1.807, 2.05) is 0 Å². The van der Waals surface area contributed by atoms with Gasteiger partial charge in [-0.3, -0.25) is 4.79 Å². The lowest BCUT2D eigenvalue weighted by Gasteiger charge is -2.23. The highest BCUT2D eigenvalue weighted by molar-refractivity contribution is 8.00. The van der Waals surface area contributed by atoms with E-state index in [1.165, 1.54) is 0 Å². The van der Waals surface area contributed by atoms with Crippen molar-refractivity contribution in [3.63, 3.8) is 0 Å². The molecule has 168 valence electrons. The number of carbonyl (C=O) groups is 2. The summed E-state index contributed by atoms with van der Waals surface area (Å²) in [6.45, 7) is 0.996. The van der Waals surface area contributed by atoms with Gasteiger partial charge in [0.2, 0.25) is 0 Å². The standard InChI is InChI=1S/C18H32N2O8S/c21-4-5-26-6-7-27-8-9-28-14(10-22)12(17(23)24)2-1-3-15-16-13(11-29-15)19-18(25)20-16/h12-16,21-22H,1-11H2,(H,23,24)(H2,19,20,25)/t12?,13-,14?,15-,16-/m0/s1. The third kappa shape index (κ3) is 7.91. The van der Waals surface area contributed by atoms with Gasteiger partial charge in [-0.2, -0.15) is 11.8 Å². The average molecular weight is 437 g/mol. The molecule has 0 radical (unpaired) electrons. The van der Waals surface area contributed by atoms with Crippen LogP contribution in [0.1, 0.15) is 19.3 Å². The van der Waals surface area contributed by atoms with E-state index in [0.29, 0.717) is 26.1 Å². The normalized spacial score (nSPS) is 25.3. The monoisotopic (exact) mass is 436 g/mol. The van der Waals surface area contributed by atoms with E-state index in [4.69, 9.17) is 19.3 Å². The van der Waals surface area contributed by atoms with Crippen LogP contribution in [0.4, 0.5) is 4.79 Å². The van der Waals surface area contributed by atoms with Crippen LogP contribution in [-0.4, -0.2) is 103 Å². The summed E-state index contributed by atoms with van der Waals surface area (Å²) in [6, 6.07) is 0.110. The highest BCUT2D eigenvalue weighted by Crippen LogP contribution is 2.33. The number of fused-ring (bicyclic) bond motifs is 1. The summed E-state index contributed by atoms with van der Waals surface area (Å²) in [5.74, 6) is -0.925. The van der Waals surface area contributed by atoms with Crippen molar-refractivity contribution in [3.8, 4) is 0 Å². The molecule has 5 atom stereocenters. The predicted molar refractivity (Wildman–Crippen MR) is 106 cm³/mol. The Morgan fingerprint density at radius 1 is 1.14 bits per heavy atom. The number of urea groups is 1. The number of aliphatic hydroxyl groups is 2. The third-order valence-electron chi connectivity index (χ3n) is 5.06. The summed E-state index contributed by atoms with van der Waals surface area (Å²) >= 11 is 1.79. The van der Waals surface area contributed by atoms with E-state index in [2.05, 4.69) is 10.6 Å². The molecular formula is C18H32N2O8S. The molecular weight excluding hydrogens is 404 g/mol. The lowest BCUT2D eigenvalue weighted by molar-refractivity contribution is -0.150. The van der Waals surface area contributed by atoms with Gasteiger partial charge in [0, 0.05) is 11.0 Å². The van der Waals surface area contributed by atoms with Gasteiger partial charge in [-0.15, -0.1) is 0 Å². The molecule has 0 aliphatic carbocycles. The van der Waals surface area contributed by atoms with Crippen LogP contribution >= 0.6 is 11.8 Å². The first-order chi connectivity index (χ1) is 14.1. The van der Waals surface area contributed by atoms with E-state index in [0.717, 1.165) is 12.2 Å². The van der Waals surface area contributed by atoms with Gasteiger partial charge >= 0.3 is 12.0 Å². The summed E-state index contributed by atoms with van der Waals surface area (Å²) in [6.07, 6.45) is 1.07. The number of aliphatic carboxylic acids is 1. The fraction of sp³-hybridized carbons (Fsp3) is 0.889. The van der Waals surface area contributed by atoms with Gasteiger partial charge in [0.1, 0.15) is 0 Å². The van der Waals surface area contributed by atoms with Gasteiger partial charge in [-0.05, 0) is 12.8 Å². The molecule has 2 rings (SSSR count). The summed E-state index contributed by atoms with van der Waals surface area (Å²) in [7, 11) is 0. The summed E-state index contributed by atoms with van der Waals surface area (Å²) < 4.78 is 15.9. The van der Waals surface area contributed by atoms with Gasteiger partial charge in [-0.1, -0.05) is 6.42 Å². The van der Waals surface area contributed by atoms with Gasteiger partial charge < -0.3 is 40.2 Å². The zero-order chi connectivity index (χ0) is 21.1. The summed E-state index contributed by atoms with van der Waals surface area (Å²) in [5, 5.41) is 33.8. The SMILES string of the molecule is O=C1N[C@H]2[C@H](CS[C@H]2CCCC(C(=O)O)C(CO)OCCOCCOCCO)N1. The van der Waals surface area contributed by atoms with Crippen LogP contribution in [0, 0.1) is 5.92 Å². The second kappa shape index (κ2) is 13.2. The maximum atomic E-state index is 11.7. The Morgan fingerprint density at radius 3 is 2.55 bits per heavy atom. The molecule has 2 aliphatic heterocycles. The second-order valence-corrected chi connectivity index (χ2v) is 8.31. The zero-order valence-electron chi connectivity index (χ0n) is 16.5. The van der Waals surface area contributed by atoms with Crippen molar-refractivity contribution in [2.75, 3.05) is 52.0 Å². The minimum absolute atomic E-state index is 0.0376. The molecule has 2 unspecified atom stereocenters. The van der Waals surface area contributed by atoms with Gasteiger partial charge in [0.25, 0.3) is 0 Å². The van der Waals surface area contributed by atoms with E-state index in [9.17, 15) is 19.8 Å². The molecule has 0 aromatic carbocycles. The first-order valence-electron chi connectivity index (χ1n) is 9.97. The molecule has 11 heteroatoms. The van der Waals surface area contributed by atoms with Crippen molar-refractivity contribution in [1.29, 1.82) is 0 Å². The highest BCUT2D eigenvalue weighted by Gasteiger charge is 2.42. The van der Waals surface area contributed by atoms with Crippen molar-refractivity contribution >= 4 is 23.8 Å². The number of aliphatic hydroxyl groups excluding tert-OH is 2. The van der Waals surface area contributed by atoms with Crippen molar-refractivity contribution in [1.82, 2.24) is 10.6 Å². The number of hydrogen-bond acceptors (Lipinski definition) is 8. The molecule has 0 spiro atoms. The minimum atomic E-state index is -0.991. The van der Waals surface area contributed by atoms with Crippen LogP contribution in [0.15, 0.2) is 0 Å². The number of ether oxygens (including phenoxy) is 3. The fourth-order valence-electron chi connectivity index (χ4n) is 3.59. The molecule has 29 heavy (non-hydrogen) atoms. The van der Waals surface area contributed by atoms with Gasteiger partial charge in [0.05, 0.1) is 70.4 Å². The number of rotatable bonds is 16. The molecule has 2 aliphatic rings. The fourth-order valence-corrected chi connectivity index (χ4v) is 5.13. The largest absolute Gasteiger partial charge is 0.481 e. The van der Waals surface area contributed by atoms with E-state index < -0.39 is 18.0 Å². The average Bonchev–Trinajstić information content (AvgIpc) is 3.24. The number of amides is 2. The molecule has 2 fully saturated rings. The summed E-state index contributed by atoms with van der Waals surface area (Å²) in [5.41, 5.74) is 0. The van der Waals surface area contributed by atoms with Gasteiger partial charge in [0.15, 0.2) is 0 Å². The quantitative estimate of drug-likeness (QED) is 0.158. The number of carbonyl (C=O) groups excluding carboxylic acids is 1. The number of carboxylic acid groups (broad SMARTS) is 1. The van der Waals surface area contributed by atoms with Crippen molar-refractivity contribution < 1.29 is 39.1 Å². The topological polar surface area (TPSA) is 147 Å². The maximum Gasteiger partial charge on any atom is 0.315 e. The Labute approximate surface area is 174 Å². The van der Waals surface area contributed by atoms with Crippen LogP contribution in [0.2, 0.25) is 0 Å². The molecule has 0 saturated carbocycles. The molecule has 0 aromatic rings. The van der Waals surface area contributed by atoms with Crippen LogP contribution in [0.5, 0.6) is 0 Å². The van der Waals surface area contributed by atoms with Crippen LogP contribution in [0.3, 0.4) is 0 Å². The van der Waals surface area contributed by atoms with E-state index in [1.54, 1.807) is 11.8 Å². The molecule has 2 amide bonds. The molecule has 2 saturated heterocycles. The number of hydrogen-bond donors (Lipinski definition) is 5. The first-order valence-corrected chi connectivity index (χ1v) is 11.0. The lowest BCUT2D eigenvalue weighted by atomic mass is 9.94. The van der Waals surface area contributed by atoms with Crippen LogP contribution in [0.25, 0.3) is 0 Å². The highest BCUT2D eigenvalue weighted by atomic mass is 32.2. The Morgan fingerprint density at radius 2 is 1.86 bits per heavy atom. The lowest BCUT2D eigenvalue weighted by Crippen LogP contribution is -2.37. The molecule has 0 aromatic heterocycles. The van der Waals surface area contributed by atoms with E-state index >= 15 is 0 Å². The Balaban J connectivity index is 1.65. The number of thioether (sulfide) groups is 1. The van der Waals surface area contributed by atoms with Gasteiger partial charge in [-0.25, -0.2) is 4.79 Å². The molecule has 2 heterocycles. The third-order valence-corrected chi connectivity index (χ3v) is 6.56. The minimum Gasteiger partial charge on any atom is -0.481 e. The van der Waals surface area contributed by atoms with Crippen molar-refractivity contribution in [2.24, 2.45) is 5.92 Å². The Hall–Kier alpha value is -1.11. The van der Waals surface area contributed by atoms with Crippen molar-refractivity contribution in [2.45, 2.75) is 42.7 Å². The molecule has 10 nitrogen and oxygen atoms in total. The summed E-state index contributed by atoms with van der Waals surface area (Å²) in [4.78, 5) is 23.1. The molecule has 0 bridgehead atoms. The Kier molecular flexibility index (Phi) is 11.0. The maximum absolute atomic E-state index is 11.7. The van der Waals surface area contributed by atoms with Crippen molar-refractivity contribution in [3.05, 3.63) is 0 Å². The van der Waals surface area contributed by atoms with E-state index in [-0.39, 0.29) is 56.4 Å². The zero-order valence-corrected chi connectivity index (χ0v) is 17.3. The number of nitrogens with one attached hydrogen (secondary N) is 2. The Bertz CT molecular complexity index is 512. The second-order valence-electron chi connectivity index (χ2n) is 7.04. The first kappa shape index (κ1) is 24.2. The van der Waals surface area contributed by atoms with Crippen LogP contribution in [-0.2, 0) is 19.0 Å². The predicted octanol–water partition coefficient (Wildman–Crippen LogP) is -0.574. The smallest absolute Gasteiger partial charge is 0.315 e.